The number of nitrogens with one attached hydrogen (secondary N) is 1. The first-order valence-electron chi connectivity index (χ1n) is 8.63. The second kappa shape index (κ2) is 6.72. The van der Waals surface area contributed by atoms with Crippen LogP contribution >= 0.6 is 0 Å². The monoisotopic (exact) mass is 319 g/mol. The molecule has 6 heteroatoms. The number of hydrogen-bond donors (Lipinski definition) is 1. The maximum Gasteiger partial charge on any atom is 0.327 e. The van der Waals surface area contributed by atoms with Gasteiger partial charge in [-0.05, 0) is 32.6 Å². The van der Waals surface area contributed by atoms with Crippen molar-refractivity contribution < 1.29 is 14.3 Å². The van der Waals surface area contributed by atoms with Gasteiger partial charge >= 0.3 is 5.97 Å². The molecule has 0 radical (unpaired) electrons. The van der Waals surface area contributed by atoms with Crippen molar-refractivity contribution in [2.45, 2.75) is 64.8 Å². The fraction of sp³-hybridized carbons (Fsp3) is 0.706. The van der Waals surface area contributed by atoms with Gasteiger partial charge in [-0.3, -0.25) is 9.59 Å². The molecule has 1 saturated carbocycles. The van der Waals surface area contributed by atoms with E-state index in [4.69, 9.17) is 4.74 Å². The summed E-state index contributed by atoms with van der Waals surface area (Å²) in [5, 5.41) is 7.41. The smallest absolute Gasteiger partial charge is 0.327 e. The zero-order valence-corrected chi connectivity index (χ0v) is 13.9. The molecule has 1 fully saturated rings. The van der Waals surface area contributed by atoms with E-state index in [1.165, 1.54) is 32.1 Å². The Morgan fingerprint density at radius 3 is 2.78 bits per heavy atom. The zero-order valence-electron chi connectivity index (χ0n) is 13.9. The van der Waals surface area contributed by atoms with E-state index in [0.29, 0.717) is 24.8 Å². The molecule has 2 aliphatic rings. The number of carbonyl (C=O) groups excluding carboxylic acids is 2. The van der Waals surface area contributed by atoms with Crippen LogP contribution in [0.25, 0.3) is 0 Å². The van der Waals surface area contributed by atoms with Crippen LogP contribution in [0.3, 0.4) is 0 Å². The predicted octanol–water partition coefficient (Wildman–Crippen LogP) is 2.76. The number of rotatable bonds is 4. The molecule has 1 amide bonds. The van der Waals surface area contributed by atoms with Crippen molar-refractivity contribution in [3.8, 4) is 0 Å². The van der Waals surface area contributed by atoms with Crippen molar-refractivity contribution >= 4 is 17.7 Å². The normalized spacial score (nSPS) is 21.7. The minimum Gasteiger partial charge on any atom is -0.465 e. The van der Waals surface area contributed by atoms with Gasteiger partial charge in [-0.1, -0.05) is 19.3 Å². The van der Waals surface area contributed by atoms with E-state index in [1.54, 1.807) is 11.6 Å². The first kappa shape index (κ1) is 16.0. The second-order valence-electron chi connectivity index (χ2n) is 6.57. The Balaban J connectivity index is 1.90. The lowest BCUT2D eigenvalue weighted by Gasteiger charge is -2.33. The number of amides is 1. The molecular formula is C17H25N3O3. The lowest BCUT2D eigenvalue weighted by atomic mass is 9.74. The highest BCUT2D eigenvalue weighted by Crippen LogP contribution is 2.44. The third-order valence-electron chi connectivity index (χ3n) is 5.01. The van der Waals surface area contributed by atoms with Crippen LogP contribution in [-0.4, -0.2) is 28.3 Å². The summed E-state index contributed by atoms with van der Waals surface area (Å²) in [6.07, 6.45) is 6.68. The van der Waals surface area contributed by atoms with E-state index >= 15 is 0 Å². The van der Waals surface area contributed by atoms with Gasteiger partial charge in [0.2, 0.25) is 5.91 Å². The van der Waals surface area contributed by atoms with Crippen LogP contribution in [0, 0.1) is 12.8 Å². The molecule has 1 aliphatic carbocycles. The van der Waals surface area contributed by atoms with Gasteiger partial charge in [-0.2, -0.15) is 5.10 Å². The van der Waals surface area contributed by atoms with E-state index in [9.17, 15) is 9.59 Å². The van der Waals surface area contributed by atoms with Gasteiger partial charge in [0.25, 0.3) is 0 Å². The highest BCUT2D eigenvalue weighted by molar-refractivity contribution is 5.94. The van der Waals surface area contributed by atoms with Crippen LogP contribution in [0.2, 0.25) is 0 Å². The summed E-state index contributed by atoms with van der Waals surface area (Å²) >= 11 is 0. The Bertz CT molecular complexity index is 602. The Kier molecular flexibility index (Phi) is 4.68. The topological polar surface area (TPSA) is 73.2 Å². The number of esters is 1. The first-order chi connectivity index (χ1) is 11.1. The number of hydrogen-bond acceptors (Lipinski definition) is 4. The van der Waals surface area contributed by atoms with Gasteiger partial charge in [0.15, 0.2) is 0 Å². The molecule has 1 atom stereocenters. The second-order valence-corrected chi connectivity index (χ2v) is 6.57. The Morgan fingerprint density at radius 1 is 1.35 bits per heavy atom. The summed E-state index contributed by atoms with van der Waals surface area (Å²) in [6.45, 7) is 4.14. The van der Waals surface area contributed by atoms with Crippen molar-refractivity contribution in [2.24, 2.45) is 5.92 Å². The number of nitrogens with zero attached hydrogens (tertiary/aromatic N) is 2. The van der Waals surface area contributed by atoms with E-state index in [2.05, 4.69) is 10.4 Å². The number of anilines is 1. The summed E-state index contributed by atoms with van der Waals surface area (Å²) in [5.41, 5.74) is 2.04. The lowest BCUT2D eigenvalue weighted by molar-refractivity contribution is -0.144. The van der Waals surface area contributed by atoms with Crippen molar-refractivity contribution in [2.75, 3.05) is 11.9 Å². The van der Waals surface area contributed by atoms with Crippen LogP contribution in [0.1, 0.15) is 62.6 Å². The molecule has 1 aromatic heterocycles. The van der Waals surface area contributed by atoms with Crippen LogP contribution in [0.5, 0.6) is 0 Å². The lowest BCUT2D eigenvalue weighted by Crippen LogP contribution is -2.30. The third kappa shape index (κ3) is 3.26. The SMILES string of the molecule is CCOC(=O)Cn1nc(C)c2c1NC(=O)C[C@@H]2C1CCCCC1. The summed E-state index contributed by atoms with van der Waals surface area (Å²) in [6, 6.07) is 0. The molecule has 1 N–H and O–H groups in total. The summed E-state index contributed by atoms with van der Waals surface area (Å²) in [5.74, 6) is 1.18. The average Bonchev–Trinajstić information content (AvgIpc) is 2.83. The molecule has 3 rings (SSSR count). The molecule has 0 aromatic carbocycles. The molecule has 1 aromatic rings. The highest BCUT2D eigenvalue weighted by atomic mass is 16.5. The average molecular weight is 319 g/mol. The van der Waals surface area contributed by atoms with E-state index in [1.807, 2.05) is 6.92 Å². The molecule has 0 bridgehead atoms. The van der Waals surface area contributed by atoms with Crippen molar-refractivity contribution in [1.82, 2.24) is 9.78 Å². The standard InChI is InChI=1S/C17H25N3O3/c1-3-23-15(22)10-20-17-16(11(2)19-20)13(9-14(21)18-17)12-7-5-4-6-8-12/h12-13H,3-10H2,1-2H3,(H,18,21)/t13-/m1/s1. The minimum atomic E-state index is -0.327. The van der Waals surface area contributed by atoms with Gasteiger partial charge < -0.3 is 10.1 Å². The Morgan fingerprint density at radius 2 is 2.09 bits per heavy atom. The largest absolute Gasteiger partial charge is 0.465 e. The van der Waals surface area contributed by atoms with Crippen molar-refractivity contribution in [3.63, 3.8) is 0 Å². The maximum atomic E-state index is 12.2. The highest BCUT2D eigenvalue weighted by Gasteiger charge is 2.36. The fourth-order valence-electron chi connectivity index (χ4n) is 4.04. The molecule has 6 nitrogen and oxygen atoms in total. The number of aromatic nitrogens is 2. The zero-order chi connectivity index (χ0) is 16.4. The van der Waals surface area contributed by atoms with Crippen LogP contribution in [0.4, 0.5) is 5.82 Å². The molecule has 23 heavy (non-hydrogen) atoms. The summed E-state index contributed by atoms with van der Waals surface area (Å²) in [7, 11) is 0. The molecular weight excluding hydrogens is 294 g/mol. The minimum absolute atomic E-state index is 0.0260. The fourth-order valence-corrected chi connectivity index (χ4v) is 4.04. The Labute approximate surface area is 136 Å². The van der Waals surface area contributed by atoms with Gasteiger partial charge in [0.1, 0.15) is 12.4 Å². The van der Waals surface area contributed by atoms with Gasteiger partial charge in [0, 0.05) is 17.9 Å². The van der Waals surface area contributed by atoms with Crippen LogP contribution in [0.15, 0.2) is 0 Å². The van der Waals surface area contributed by atoms with Gasteiger partial charge in [-0.15, -0.1) is 0 Å². The molecule has 0 unspecified atom stereocenters. The quantitative estimate of drug-likeness (QED) is 0.866. The predicted molar refractivity (Wildman–Crippen MR) is 86.2 cm³/mol. The number of ether oxygens (including phenoxy) is 1. The van der Waals surface area contributed by atoms with E-state index in [-0.39, 0.29) is 24.3 Å². The van der Waals surface area contributed by atoms with Crippen LogP contribution in [-0.2, 0) is 20.9 Å². The molecule has 0 spiro atoms. The number of aryl methyl sites for hydroxylation is 1. The van der Waals surface area contributed by atoms with Gasteiger partial charge in [-0.25, -0.2) is 4.68 Å². The van der Waals surface area contributed by atoms with E-state index in [0.717, 1.165) is 11.3 Å². The molecule has 0 saturated heterocycles. The van der Waals surface area contributed by atoms with Crippen LogP contribution < -0.4 is 5.32 Å². The number of carbonyl (C=O) groups is 2. The number of fused-ring (bicyclic) bond motifs is 1. The summed E-state index contributed by atoms with van der Waals surface area (Å²) < 4.78 is 6.60. The summed E-state index contributed by atoms with van der Waals surface area (Å²) in [4.78, 5) is 24.0. The first-order valence-corrected chi connectivity index (χ1v) is 8.63. The van der Waals surface area contributed by atoms with Gasteiger partial charge in [0.05, 0.1) is 12.3 Å². The van der Waals surface area contributed by atoms with Crippen molar-refractivity contribution in [3.05, 3.63) is 11.3 Å². The van der Waals surface area contributed by atoms with Crippen molar-refractivity contribution in [1.29, 1.82) is 0 Å². The molecule has 1 aliphatic heterocycles. The Hall–Kier alpha value is -1.85. The third-order valence-corrected chi connectivity index (χ3v) is 5.01. The maximum absolute atomic E-state index is 12.2. The molecule has 126 valence electrons. The van der Waals surface area contributed by atoms with E-state index < -0.39 is 0 Å². The molecule has 2 heterocycles.